The molecule has 0 saturated carbocycles. The normalized spacial score (nSPS) is 11.1. The van der Waals surface area contributed by atoms with Crippen LogP contribution in [-0.4, -0.2) is 48.4 Å². The highest BCUT2D eigenvalue weighted by Gasteiger charge is 2.28. The molecule has 0 N–H and O–H groups in total. The van der Waals surface area contributed by atoms with Gasteiger partial charge >= 0.3 is 17.9 Å². The smallest absolute Gasteiger partial charge is 0.325 e. The number of carbonyl (C=O) groups is 2. The molecule has 0 bridgehead atoms. The minimum absolute atomic E-state index is 0.141. The Morgan fingerprint density at radius 2 is 1.78 bits per heavy atom. The Morgan fingerprint density at radius 1 is 1.11 bits per heavy atom. The molecule has 0 atom stereocenters. The van der Waals surface area contributed by atoms with Crippen molar-refractivity contribution in [2.75, 3.05) is 20.3 Å². The maximum atomic E-state index is 12.1. The van der Waals surface area contributed by atoms with Crippen molar-refractivity contribution in [2.24, 2.45) is 10.9 Å². The molecule has 144 valence electrons. The first-order valence-corrected chi connectivity index (χ1v) is 8.76. The van der Waals surface area contributed by atoms with Crippen molar-refractivity contribution in [3.05, 3.63) is 23.8 Å². The molecule has 0 radical (unpaired) electrons. The standard InChI is InChI=1S/C19H23N3O5/c1-5-12-8-9-15-13(10-12)16(22-19(21-15)25-4)20-11-14(17(23)26-6-2)18(24)27-7-3/h8-11,14H,5-7H2,1-4H3. The molecule has 27 heavy (non-hydrogen) atoms. The minimum Gasteiger partial charge on any atom is -0.467 e. The monoisotopic (exact) mass is 373 g/mol. The highest BCUT2D eigenvalue weighted by Crippen LogP contribution is 2.26. The lowest BCUT2D eigenvalue weighted by atomic mass is 10.1. The van der Waals surface area contributed by atoms with Crippen molar-refractivity contribution >= 4 is 34.9 Å². The highest BCUT2D eigenvalue weighted by molar-refractivity contribution is 6.09. The summed E-state index contributed by atoms with van der Waals surface area (Å²) in [4.78, 5) is 37.0. The molecule has 0 aliphatic heterocycles. The van der Waals surface area contributed by atoms with Crippen LogP contribution in [0.2, 0.25) is 0 Å². The average Bonchev–Trinajstić information content (AvgIpc) is 2.67. The molecule has 0 fully saturated rings. The molecule has 8 heteroatoms. The van der Waals surface area contributed by atoms with Gasteiger partial charge in [0.2, 0.25) is 0 Å². The lowest BCUT2D eigenvalue weighted by molar-refractivity contribution is -0.157. The summed E-state index contributed by atoms with van der Waals surface area (Å²) in [6.45, 7) is 5.64. The van der Waals surface area contributed by atoms with Crippen LogP contribution in [0.4, 0.5) is 5.82 Å². The molecule has 2 rings (SSSR count). The van der Waals surface area contributed by atoms with Crippen LogP contribution in [0.5, 0.6) is 6.01 Å². The fraction of sp³-hybridized carbons (Fsp3) is 0.421. The van der Waals surface area contributed by atoms with E-state index in [1.807, 2.05) is 25.1 Å². The molecular weight excluding hydrogens is 350 g/mol. The lowest BCUT2D eigenvalue weighted by Crippen LogP contribution is -2.29. The molecule has 1 aromatic heterocycles. The van der Waals surface area contributed by atoms with E-state index in [0.717, 1.165) is 12.0 Å². The molecule has 8 nitrogen and oxygen atoms in total. The fourth-order valence-electron chi connectivity index (χ4n) is 2.38. The molecule has 1 aromatic carbocycles. The third-order valence-electron chi connectivity index (χ3n) is 3.74. The summed E-state index contributed by atoms with van der Waals surface area (Å²) in [6, 6.07) is 5.88. The molecule has 0 aliphatic carbocycles. The van der Waals surface area contributed by atoms with Gasteiger partial charge in [-0.05, 0) is 38.0 Å². The maximum absolute atomic E-state index is 12.1. The quantitative estimate of drug-likeness (QED) is 0.398. The Kier molecular flexibility index (Phi) is 7.22. The minimum atomic E-state index is -1.27. The zero-order chi connectivity index (χ0) is 19.8. The Hall–Kier alpha value is -3.03. The van der Waals surface area contributed by atoms with Gasteiger partial charge in [-0.1, -0.05) is 13.0 Å². The number of methoxy groups -OCH3 is 1. The first-order chi connectivity index (χ1) is 13.0. The molecule has 1 heterocycles. The van der Waals surface area contributed by atoms with Crippen LogP contribution >= 0.6 is 0 Å². The van der Waals surface area contributed by atoms with E-state index in [0.29, 0.717) is 16.7 Å². The zero-order valence-electron chi connectivity index (χ0n) is 15.9. The summed E-state index contributed by atoms with van der Waals surface area (Å²) >= 11 is 0. The number of esters is 2. The fourth-order valence-corrected chi connectivity index (χ4v) is 2.38. The summed E-state index contributed by atoms with van der Waals surface area (Å²) in [5, 5.41) is 0.692. The van der Waals surface area contributed by atoms with Gasteiger partial charge in [-0.3, -0.25) is 9.59 Å². The van der Waals surface area contributed by atoms with E-state index < -0.39 is 17.9 Å². The van der Waals surface area contributed by atoms with Crippen molar-refractivity contribution in [1.29, 1.82) is 0 Å². The number of rotatable bonds is 8. The summed E-state index contributed by atoms with van der Waals surface area (Å²) < 4.78 is 15.0. The van der Waals surface area contributed by atoms with Crippen molar-refractivity contribution < 1.29 is 23.8 Å². The summed E-state index contributed by atoms with van der Waals surface area (Å²) in [7, 11) is 1.45. The first-order valence-electron chi connectivity index (χ1n) is 8.76. The largest absolute Gasteiger partial charge is 0.467 e. The number of ether oxygens (including phenoxy) is 3. The molecular formula is C19H23N3O5. The number of fused-ring (bicyclic) bond motifs is 1. The van der Waals surface area contributed by atoms with Gasteiger partial charge in [0, 0.05) is 11.6 Å². The number of aromatic nitrogens is 2. The van der Waals surface area contributed by atoms with Crippen LogP contribution in [0.25, 0.3) is 10.9 Å². The van der Waals surface area contributed by atoms with Crippen molar-refractivity contribution in [3.63, 3.8) is 0 Å². The number of nitrogens with zero attached hydrogens (tertiary/aromatic N) is 3. The lowest BCUT2D eigenvalue weighted by Gasteiger charge is -2.10. The van der Waals surface area contributed by atoms with Crippen LogP contribution in [-0.2, 0) is 25.5 Å². The number of hydrogen-bond acceptors (Lipinski definition) is 8. The van der Waals surface area contributed by atoms with Gasteiger partial charge in [0.25, 0.3) is 0 Å². The van der Waals surface area contributed by atoms with Crippen molar-refractivity contribution in [3.8, 4) is 6.01 Å². The van der Waals surface area contributed by atoms with Crippen LogP contribution in [0.1, 0.15) is 26.3 Å². The van der Waals surface area contributed by atoms with E-state index in [1.54, 1.807) is 13.8 Å². The summed E-state index contributed by atoms with van der Waals surface area (Å²) in [5.74, 6) is -2.42. The van der Waals surface area contributed by atoms with Crippen LogP contribution < -0.4 is 4.74 Å². The zero-order valence-corrected chi connectivity index (χ0v) is 15.9. The van der Waals surface area contributed by atoms with Gasteiger partial charge in [0.15, 0.2) is 11.7 Å². The van der Waals surface area contributed by atoms with Crippen molar-refractivity contribution in [1.82, 2.24) is 9.97 Å². The topological polar surface area (TPSA) is 100.0 Å². The van der Waals surface area contributed by atoms with Gasteiger partial charge in [-0.25, -0.2) is 4.99 Å². The Morgan fingerprint density at radius 3 is 2.33 bits per heavy atom. The highest BCUT2D eigenvalue weighted by atomic mass is 16.6. The maximum Gasteiger partial charge on any atom is 0.325 e. The van der Waals surface area contributed by atoms with E-state index in [9.17, 15) is 9.59 Å². The van der Waals surface area contributed by atoms with E-state index >= 15 is 0 Å². The first kappa shape index (κ1) is 20.3. The number of aliphatic imine (C=N–C) groups is 1. The molecule has 0 spiro atoms. The van der Waals surface area contributed by atoms with Gasteiger partial charge in [0.05, 0.1) is 25.8 Å². The predicted molar refractivity (Wildman–Crippen MR) is 100 cm³/mol. The molecule has 0 amide bonds. The third-order valence-corrected chi connectivity index (χ3v) is 3.74. The number of benzene rings is 1. The van der Waals surface area contributed by atoms with Crippen LogP contribution in [0, 0.1) is 5.92 Å². The molecule has 2 aromatic rings. The summed E-state index contributed by atoms with van der Waals surface area (Å²) in [5.41, 5.74) is 1.73. The van der Waals surface area contributed by atoms with E-state index in [1.165, 1.54) is 13.3 Å². The van der Waals surface area contributed by atoms with Gasteiger partial charge in [-0.15, -0.1) is 0 Å². The Bertz CT molecular complexity index is 833. The van der Waals surface area contributed by atoms with E-state index in [2.05, 4.69) is 15.0 Å². The Balaban J connectivity index is 2.48. The molecule has 0 saturated heterocycles. The van der Waals surface area contributed by atoms with Gasteiger partial charge in [-0.2, -0.15) is 9.97 Å². The average molecular weight is 373 g/mol. The summed E-state index contributed by atoms with van der Waals surface area (Å²) in [6.07, 6.45) is 2.02. The van der Waals surface area contributed by atoms with E-state index in [4.69, 9.17) is 14.2 Å². The van der Waals surface area contributed by atoms with Gasteiger partial charge in [0.1, 0.15) is 0 Å². The van der Waals surface area contributed by atoms with Gasteiger partial charge < -0.3 is 14.2 Å². The van der Waals surface area contributed by atoms with Crippen LogP contribution in [0.3, 0.4) is 0 Å². The van der Waals surface area contributed by atoms with E-state index in [-0.39, 0.29) is 19.2 Å². The second-order valence-electron chi connectivity index (χ2n) is 5.50. The number of hydrogen-bond donors (Lipinski definition) is 0. The predicted octanol–water partition coefficient (Wildman–Crippen LogP) is 2.65. The SMILES string of the molecule is CCOC(=O)C(C=Nc1nc(OC)nc2ccc(CC)cc12)C(=O)OCC. The second kappa shape index (κ2) is 9.61. The van der Waals surface area contributed by atoms with Crippen molar-refractivity contribution in [2.45, 2.75) is 27.2 Å². The molecule has 0 unspecified atom stereocenters. The number of aryl methyl sites for hydroxylation is 1. The third kappa shape index (κ3) is 4.99. The second-order valence-corrected chi connectivity index (χ2v) is 5.50. The van der Waals surface area contributed by atoms with Crippen LogP contribution in [0.15, 0.2) is 23.2 Å². The number of carbonyl (C=O) groups excluding carboxylic acids is 2. The molecule has 0 aliphatic rings. The Labute approximate surface area is 157 Å².